The SMILES string of the molecule is COc1cccc(/C=C/C(=O)Nc2n[nH]c(C)n2)c1. The van der Waals surface area contributed by atoms with Crippen molar-refractivity contribution in [3.8, 4) is 5.75 Å². The molecule has 6 nitrogen and oxygen atoms in total. The molecule has 98 valence electrons. The van der Waals surface area contributed by atoms with Gasteiger partial charge in [0, 0.05) is 6.08 Å². The van der Waals surface area contributed by atoms with Crippen LogP contribution in [0.3, 0.4) is 0 Å². The molecule has 0 aliphatic carbocycles. The van der Waals surface area contributed by atoms with Crippen molar-refractivity contribution in [3.05, 3.63) is 41.7 Å². The number of nitrogens with zero attached hydrogens (tertiary/aromatic N) is 2. The molecule has 0 fully saturated rings. The van der Waals surface area contributed by atoms with Crippen molar-refractivity contribution in [2.45, 2.75) is 6.92 Å². The summed E-state index contributed by atoms with van der Waals surface area (Å²) in [6.45, 7) is 1.76. The summed E-state index contributed by atoms with van der Waals surface area (Å²) >= 11 is 0. The minimum Gasteiger partial charge on any atom is -0.497 e. The number of carbonyl (C=O) groups is 1. The van der Waals surface area contributed by atoms with Crippen molar-refractivity contribution in [3.63, 3.8) is 0 Å². The first kappa shape index (κ1) is 12.8. The molecule has 0 aliphatic heterocycles. The summed E-state index contributed by atoms with van der Waals surface area (Å²) in [5, 5.41) is 9.01. The first-order valence-corrected chi connectivity index (χ1v) is 5.69. The molecule has 1 amide bonds. The van der Waals surface area contributed by atoms with Crippen LogP contribution < -0.4 is 10.1 Å². The maximum Gasteiger partial charge on any atom is 0.250 e. The monoisotopic (exact) mass is 258 g/mol. The van der Waals surface area contributed by atoms with Gasteiger partial charge < -0.3 is 4.74 Å². The molecule has 2 N–H and O–H groups in total. The van der Waals surface area contributed by atoms with E-state index in [1.165, 1.54) is 6.08 Å². The van der Waals surface area contributed by atoms with Gasteiger partial charge in [0.15, 0.2) is 0 Å². The van der Waals surface area contributed by atoms with Gasteiger partial charge >= 0.3 is 0 Å². The first-order valence-electron chi connectivity index (χ1n) is 5.69. The van der Waals surface area contributed by atoms with Crippen LogP contribution in [0.5, 0.6) is 5.75 Å². The van der Waals surface area contributed by atoms with Crippen molar-refractivity contribution in [1.82, 2.24) is 15.2 Å². The van der Waals surface area contributed by atoms with E-state index in [1.54, 1.807) is 20.1 Å². The van der Waals surface area contributed by atoms with Crippen LogP contribution in [0, 0.1) is 6.92 Å². The van der Waals surface area contributed by atoms with Crippen molar-refractivity contribution in [2.75, 3.05) is 12.4 Å². The average molecular weight is 258 g/mol. The van der Waals surface area contributed by atoms with Gasteiger partial charge in [0.2, 0.25) is 5.95 Å². The molecule has 0 unspecified atom stereocenters. The standard InChI is InChI=1S/C13H14N4O2/c1-9-14-13(17-16-9)15-12(18)7-6-10-4-3-5-11(8-10)19-2/h3-8H,1-2H3,(H2,14,15,16,17,18)/b7-6+. The second-order valence-electron chi connectivity index (χ2n) is 3.84. The predicted octanol–water partition coefficient (Wildman–Crippen LogP) is 1.77. The number of nitrogens with one attached hydrogen (secondary N) is 2. The number of carbonyl (C=O) groups excluding carboxylic acids is 1. The molecular formula is C13H14N4O2. The molecule has 6 heteroatoms. The van der Waals surface area contributed by atoms with Crippen LogP contribution in [0.4, 0.5) is 5.95 Å². The highest BCUT2D eigenvalue weighted by molar-refractivity contribution is 6.00. The number of anilines is 1. The Kier molecular flexibility index (Phi) is 3.92. The Hall–Kier alpha value is -2.63. The van der Waals surface area contributed by atoms with E-state index in [9.17, 15) is 4.79 Å². The highest BCUT2D eigenvalue weighted by Crippen LogP contribution is 2.13. The molecule has 0 atom stereocenters. The highest BCUT2D eigenvalue weighted by atomic mass is 16.5. The molecule has 1 heterocycles. The van der Waals surface area contributed by atoms with Crippen molar-refractivity contribution in [1.29, 1.82) is 0 Å². The number of ether oxygens (including phenoxy) is 1. The Labute approximate surface area is 110 Å². The Bertz CT molecular complexity index is 604. The lowest BCUT2D eigenvalue weighted by atomic mass is 10.2. The second-order valence-corrected chi connectivity index (χ2v) is 3.84. The fourth-order valence-electron chi connectivity index (χ4n) is 1.47. The summed E-state index contributed by atoms with van der Waals surface area (Å²) < 4.78 is 5.10. The summed E-state index contributed by atoms with van der Waals surface area (Å²) in [5.41, 5.74) is 0.876. The predicted molar refractivity (Wildman–Crippen MR) is 71.8 cm³/mol. The van der Waals surface area contributed by atoms with Gasteiger partial charge in [-0.1, -0.05) is 12.1 Å². The molecule has 0 saturated heterocycles. The van der Waals surface area contributed by atoms with Crippen LogP contribution in [-0.4, -0.2) is 28.2 Å². The average Bonchev–Trinajstić information content (AvgIpc) is 2.82. The zero-order valence-corrected chi connectivity index (χ0v) is 10.7. The maximum atomic E-state index is 11.6. The van der Waals surface area contributed by atoms with Crippen LogP contribution in [0.1, 0.15) is 11.4 Å². The lowest BCUT2D eigenvalue weighted by Gasteiger charge is -2.00. The third-order valence-electron chi connectivity index (χ3n) is 2.35. The Morgan fingerprint density at radius 3 is 3.00 bits per heavy atom. The number of hydrogen-bond acceptors (Lipinski definition) is 4. The highest BCUT2D eigenvalue weighted by Gasteiger charge is 2.02. The largest absolute Gasteiger partial charge is 0.497 e. The quantitative estimate of drug-likeness (QED) is 0.819. The van der Waals surface area contributed by atoms with E-state index in [-0.39, 0.29) is 11.9 Å². The minimum absolute atomic E-state index is 0.262. The number of aryl methyl sites for hydroxylation is 1. The fraction of sp³-hybridized carbons (Fsp3) is 0.154. The molecule has 2 rings (SSSR count). The van der Waals surface area contributed by atoms with Crippen molar-refractivity contribution >= 4 is 17.9 Å². The number of aromatic nitrogens is 3. The molecule has 19 heavy (non-hydrogen) atoms. The number of methoxy groups -OCH3 is 1. The lowest BCUT2D eigenvalue weighted by molar-refractivity contribution is -0.111. The first-order chi connectivity index (χ1) is 9.17. The lowest BCUT2D eigenvalue weighted by Crippen LogP contribution is -2.09. The van der Waals surface area contributed by atoms with Gasteiger partial charge in [0.05, 0.1) is 7.11 Å². The molecule has 0 radical (unpaired) electrons. The number of benzene rings is 1. The Morgan fingerprint density at radius 1 is 1.47 bits per heavy atom. The molecule has 0 spiro atoms. The third-order valence-corrected chi connectivity index (χ3v) is 2.35. The molecule has 1 aromatic carbocycles. The van der Waals surface area contributed by atoms with Crippen LogP contribution >= 0.6 is 0 Å². The van der Waals surface area contributed by atoms with Gasteiger partial charge in [-0.05, 0) is 30.7 Å². The molecule has 0 aliphatic rings. The van der Waals surface area contributed by atoms with Crippen LogP contribution in [0.2, 0.25) is 0 Å². The maximum absolute atomic E-state index is 11.6. The number of H-pyrrole nitrogens is 1. The summed E-state index contributed by atoms with van der Waals surface area (Å²) in [4.78, 5) is 15.6. The van der Waals surface area contributed by atoms with Gasteiger partial charge in [0.1, 0.15) is 11.6 Å². The third kappa shape index (κ3) is 3.67. The van der Waals surface area contributed by atoms with E-state index >= 15 is 0 Å². The number of rotatable bonds is 4. The molecule has 2 aromatic rings. The smallest absolute Gasteiger partial charge is 0.250 e. The van der Waals surface area contributed by atoms with Crippen LogP contribution in [0.25, 0.3) is 6.08 Å². The van der Waals surface area contributed by atoms with Gasteiger partial charge in [-0.2, -0.15) is 4.98 Å². The molecular weight excluding hydrogens is 244 g/mol. The van der Waals surface area contributed by atoms with E-state index in [0.717, 1.165) is 11.3 Å². The summed E-state index contributed by atoms with van der Waals surface area (Å²) in [6.07, 6.45) is 3.11. The van der Waals surface area contributed by atoms with E-state index in [4.69, 9.17) is 4.74 Å². The van der Waals surface area contributed by atoms with Crippen LogP contribution in [-0.2, 0) is 4.79 Å². The van der Waals surface area contributed by atoms with Gasteiger partial charge in [-0.3, -0.25) is 15.2 Å². The number of aromatic amines is 1. The molecule has 1 aromatic heterocycles. The minimum atomic E-state index is -0.290. The van der Waals surface area contributed by atoms with E-state index in [2.05, 4.69) is 20.5 Å². The van der Waals surface area contributed by atoms with Crippen molar-refractivity contribution < 1.29 is 9.53 Å². The van der Waals surface area contributed by atoms with Gasteiger partial charge in [-0.15, -0.1) is 5.10 Å². The van der Waals surface area contributed by atoms with Crippen molar-refractivity contribution in [2.24, 2.45) is 0 Å². The fourth-order valence-corrected chi connectivity index (χ4v) is 1.47. The van der Waals surface area contributed by atoms with E-state index in [1.807, 2.05) is 24.3 Å². The summed E-state index contributed by atoms with van der Waals surface area (Å²) in [5.74, 6) is 1.36. The molecule has 0 bridgehead atoms. The van der Waals surface area contributed by atoms with Crippen LogP contribution in [0.15, 0.2) is 30.3 Å². The van der Waals surface area contributed by atoms with Gasteiger partial charge in [-0.25, -0.2) is 0 Å². The number of hydrogen-bond donors (Lipinski definition) is 2. The Balaban J connectivity index is 1.99. The number of amides is 1. The zero-order chi connectivity index (χ0) is 13.7. The second kappa shape index (κ2) is 5.81. The summed E-state index contributed by atoms with van der Waals surface area (Å²) in [7, 11) is 1.60. The zero-order valence-electron chi connectivity index (χ0n) is 10.7. The summed E-state index contributed by atoms with van der Waals surface area (Å²) in [6, 6.07) is 7.41. The van der Waals surface area contributed by atoms with E-state index in [0.29, 0.717) is 5.82 Å². The normalized spacial score (nSPS) is 10.6. The van der Waals surface area contributed by atoms with E-state index < -0.39 is 0 Å². The van der Waals surface area contributed by atoms with Gasteiger partial charge in [0.25, 0.3) is 5.91 Å². The Morgan fingerprint density at radius 2 is 2.32 bits per heavy atom. The molecule has 0 saturated carbocycles. The topological polar surface area (TPSA) is 79.9 Å².